The second-order valence-corrected chi connectivity index (χ2v) is 3.86. The molecule has 0 aliphatic carbocycles. The van der Waals surface area contributed by atoms with Gasteiger partial charge < -0.3 is 14.8 Å². The minimum absolute atomic E-state index is 0.404. The van der Waals surface area contributed by atoms with E-state index in [4.69, 9.17) is 14.8 Å². The molecule has 2 N–H and O–H groups in total. The van der Waals surface area contributed by atoms with E-state index in [1.807, 2.05) is 0 Å². The van der Waals surface area contributed by atoms with Gasteiger partial charge in [-0.25, -0.2) is 4.99 Å². The van der Waals surface area contributed by atoms with Crippen molar-refractivity contribution in [1.29, 1.82) is 0 Å². The van der Waals surface area contributed by atoms with E-state index in [0.29, 0.717) is 18.0 Å². The van der Waals surface area contributed by atoms with E-state index in [-0.39, 0.29) is 0 Å². The van der Waals surface area contributed by atoms with Gasteiger partial charge in [0.2, 0.25) is 5.88 Å². The molecule has 4 nitrogen and oxygen atoms in total. The number of nitrogens with zero attached hydrogens (tertiary/aromatic N) is 1. The molecule has 0 radical (unpaired) electrons. The number of unbranched alkanes of at least 4 members (excludes halogenated alkanes) is 3. The first-order valence-corrected chi connectivity index (χ1v) is 5.96. The summed E-state index contributed by atoms with van der Waals surface area (Å²) >= 11 is 0. The molecule has 0 aromatic carbocycles. The van der Waals surface area contributed by atoms with Crippen LogP contribution in [0.1, 0.15) is 39.5 Å². The van der Waals surface area contributed by atoms with Crippen LogP contribution < -0.4 is 0 Å². The Balaban J connectivity index is 4.02. The fourth-order valence-corrected chi connectivity index (χ4v) is 1.14. The number of ether oxygens (including phenoxy) is 1. The third kappa shape index (κ3) is 8.71. The van der Waals surface area contributed by atoms with Crippen molar-refractivity contribution >= 4 is 13.8 Å². The zero-order chi connectivity index (χ0) is 13.1. The largest absolute Gasteiger partial charge is 0.483 e. The highest BCUT2D eigenvalue weighted by Crippen LogP contribution is 2.05. The lowest BCUT2D eigenvalue weighted by Gasteiger charge is -2.05. The molecule has 0 atom stereocenters. The van der Waals surface area contributed by atoms with Crippen LogP contribution in [0.5, 0.6) is 0 Å². The highest BCUT2D eigenvalue weighted by molar-refractivity contribution is 6.50. The molecule has 0 spiro atoms. The molecule has 0 aromatic rings. The lowest BCUT2D eigenvalue weighted by Crippen LogP contribution is -2.12. The zero-order valence-electron chi connectivity index (χ0n) is 10.7. The predicted molar refractivity (Wildman–Crippen MR) is 71.7 cm³/mol. The van der Waals surface area contributed by atoms with Crippen molar-refractivity contribution in [1.82, 2.24) is 0 Å². The summed E-state index contributed by atoms with van der Waals surface area (Å²) in [6.07, 6.45) is 7.68. The minimum atomic E-state index is -1.44. The molecule has 0 saturated heterocycles. The maximum Gasteiger partial charge on any atom is 0.483 e. The van der Waals surface area contributed by atoms with Gasteiger partial charge in [0.15, 0.2) is 0 Å². The molecule has 0 aliphatic heterocycles. The molecule has 0 amide bonds. The van der Waals surface area contributed by atoms with Crippen molar-refractivity contribution in [2.75, 3.05) is 6.61 Å². The summed E-state index contributed by atoms with van der Waals surface area (Å²) in [5.41, 5.74) is 0.431. The van der Waals surface area contributed by atoms with Crippen LogP contribution in [0, 0.1) is 0 Å². The Bertz CT molecular complexity index is 275. The SMILES string of the molecule is C=N/C(=C\C=C(/C)B(O)O)OCCCCCC. The molecule has 0 aliphatic rings. The van der Waals surface area contributed by atoms with Crippen LogP contribution in [0.3, 0.4) is 0 Å². The van der Waals surface area contributed by atoms with Gasteiger partial charge in [0.05, 0.1) is 6.61 Å². The molecule has 17 heavy (non-hydrogen) atoms. The smallest absolute Gasteiger partial charge is 0.478 e. The van der Waals surface area contributed by atoms with Gasteiger partial charge in [-0.1, -0.05) is 32.3 Å². The van der Waals surface area contributed by atoms with Crippen LogP contribution in [0.25, 0.3) is 0 Å². The molecule has 96 valence electrons. The highest BCUT2D eigenvalue weighted by Gasteiger charge is 2.07. The molecule has 0 unspecified atom stereocenters. The maximum atomic E-state index is 8.85. The van der Waals surface area contributed by atoms with Gasteiger partial charge in [-0.15, -0.1) is 0 Å². The molecule has 0 saturated carbocycles. The number of allylic oxidation sites excluding steroid dienone is 3. The van der Waals surface area contributed by atoms with E-state index in [1.165, 1.54) is 12.8 Å². The predicted octanol–water partition coefficient (Wildman–Crippen LogP) is 2.08. The van der Waals surface area contributed by atoms with Gasteiger partial charge >= 0.3 is 7.12 Å². The minimum Gasteiger partial charge on any atom is -0.478 e. The lowest BCUT2D eigenvalue weighted by molar-refractivity contribution is 0.204. The molecular weight excluding hydrogens is 217 g/mol. The summed E-state index contributed by atoms with van der Waals surface area (Å²) in [6, 6.07) is 0. The van der Waals surface area contributed by atoms with Crippen molar-refractivity contribution in [3.63, 3.8) is 0 Å². The average Bonchev–Trinajstić information content (AvgIpc) is 2.32. The van der Waals surface area contributed by atoms with E-state index < -0.39 is 7.12 Å². The first kappa shape index (κ1) is 15.9. The van der Waals surface area contributed by atoms with E-state index in [2.05, 4.69) is 18.6 Å². The fraction of sp³-hybridized carbons (Fsp3) is 0.583. The van der Waals surface area contributed by atoms with Crippen LogP contribution in [-0.4, -0.2) is 30.5 Å². The summed E-state index contributed by atoms with van der Waals surface area (Å²) in [5, 5.41) is 17.7. The Morgan fingerprint density at radius 3 is 2.53 bits per heavy atom. The highest BCUT2D eigenvalue weighted by atomic mass is 16.5. The first-order valence-electron chi connectivity index (χ1n) is 5.96. The molecule has 0 aromatic heterocycles. The summed E-state index contributed by atoms with van der Waals surface area (Å²) in [4.78, 5) is 3.72. The van der Waals surface area contributed by atoms with Gasteiger partial charge in [0.1, 0.15) is 0 Å². The summed E-state index contributed by atoms with van der Waals surface area (Å²) in [7, 11) is -1.44. The average molecular weight is 239 g/mol. The molecule has 0 bridgehead atoms. The maximum absolute atomic E-state index is 8.85. The lowest BCUT2D eigenvalue weighted by atomic mass is 9.80. The Morgan fingerprint density at radius 2 is 2.00 bits per heavy atom. The van der Waals surface area contributed by atoms with Gasteiger partial charge in [-0.2, -0.15) is 0 Å². The van der Waals surface area contributed by atoms with E-state index in [0.717, 1.165) is 12.8 Å². The van der Waals surface area contributed by atoms with Crippen molar-refractivity contribution < 1.29 is 14.8 Å². The van der Waals surface area contributed by atoms with E-state index >= 15 is 0 Å². The van der Waals surface area contributed by atoms with E-state index in [9.17, 15) is 0 Å². The van der Waals surface area contributed by atoms with Crippen molar-refractivity contribution in [3.05, 3.63) is 23.5 Å². The van der Waals surface area contributed by atoms with Gasteiger partial charge in [-0.05, 0) is 31.6 Å². The second kappa shape index (κ2) is 10.1. The van der Waals surface area contributed by atoms with Crippen LogP contribution in [-0.2, 0) is 4.74 Å². The van der Waals surface area contributed by atoms with Gasteiger partial charge in [-0.3, -0.25) is 0 Å². The van der Waals surface area contributed by atoms with Crippen LogP contribution >= 0.6 is 0 Å². The monoisotopic (exact) mass is 239 g/mol. The van der Waals surface area contributed by atoms with Crippen LogP contribution in [0.2, 0.25) is 0 Å². The Kier molecular flexibility index (Phi) is 9.48. The van der Waals surface area contributed by atoms with Crippen LogP contribution in [0.4, 0.5) is 0 Å². The Hall–Kier alpha value is -1.07. The third-order valence-corrected chi connectivity index (χ3v) is 2.30. The van der Waals surface area contributed by atoms with Gasteiger partial charge in [0.25, 0.3) is 0 Å². The Morgan fingerprint density at radius 1 is 1.29 bits per heavy atom. The third-order valence-electron chi connectivity index (χ3n) is 2.30. The quantitative estimate of drug-likeness (QED) is 0.213. The number of hydrogen-bond donors (Lipinski definition) is 2. The fourth-order valence-electron chi connectivity index (χ4n) is 1.14. The topological polar surface area (TPSA) is 62.1 Å². The molecular formula is C12H22BNO3. The molecule has 0 heterocycles. The number of aliphatic imine (C=N–C) groups is 1. The Labute approximate surface area is 104 Å². The number of hydrogen-bond acceptors (Lipinski definition) is 4. The molecule has 5 heteroatoms. The summed E-state index contributed by atoms with van der Waals surface area (Å²) in [5.74, 6) is 0.404. The normalized spacial score (nSPS) is 12.5. The van der Waals surface area contributed by atoms with E-state index in [1.54, 1.807) is 19.1 Å². The van der Waals surface area contributed by atoms with Crippen molar-refractivity contribution in [2.45, 2.75) is 39.5 Å². The van der Waals surface area contributed by atoms with Crippen molar-refractivity contribution in [2.24, 2.45) is 4.99 Å². The second-order valence-electron chi connectivity index (χ2n) is 3.86. The molecule has 0 fully saturated rings. The standard InChI is InChI=1S/C12H22BNO3/c1-4-5-6-7-10-17-12(14-3)9-8-11(2)13(15)16/h8-9,15-16H,3-7,10H2,1-2H3/b11-8+,12-9+. The number of rotatable bonds is 9. The molecule has 0 rings (SSSR count). The zero-order valence-corrected chi connectivity index (χ0v) is 10.7. The summed E-state index contributed by atoms with van der Waals surface area (Å²) < 4.78 is 5.39. The van der Waals surface area contributed by atoms with Gasteiger partial charge in [0, 0.05) is 0 Å². The summed E-state index contributed by atoms with van der Waals surface area (Å²) in [6.45, 7) is 7.78. The van der Waals surface area contributed by atoms with Crippen molar-refractivity contribution in [3.8, 4) is 0 Å². The first-order chi connectivity index (χ1) is 8.11. The van der Waals surface area contributed by atoms with Crippen LogP contribution in [0.15, 0.2) is 28.5 Å².